The molecule has 4 aromatic rings. The lowest BCUT2D eigenvalue weighted by Gasteiger charge is -2.19. The highest BCUT2D eigenvalue weighted by Gasteiger charge is 2.19. The second-order valence-electron chi connectivity index (χ2n) is 5.93. The number of aromatic nitrogens is 2. The zero-order valence-electron chi connectivity index (χ0n) is 13.8. The van der Waals surface area contributed by atoms with Gasteiger partial charge in [0.1, 0.15) is 0 Å². The van der Waals surface area contributed by atoms with Crippen LogP contribution in [0.3, 0.4) is 0 Å². The SMILES string of the molecule is O=[N+]([O-])c1ccc(N[C@H](c2ccccn2)c2c[nH]c3ccccc23)cc1. The molecule has 0 aliphatic rings. The topological polar surface area (TPSA) is 83.8 Å². The normalized spacial score (nSPS) is 12.0. The molecule has 0 saturated heterocycles. The molecule has 0 radical (unpaired) electrons. The standard InChI is InChI=1S/C20H16N4O2/c25-24(26)15-10-8-14(9-11-15)23-20(19-7-3-4-12-21-19)17-13-22-18-6-2-1-5-16(17)18/h1-13,20,22-23H/t20-/m0/s1. The molecule has 2 N–H and O–H groups in total. The van der Waals surface area contributed by atoms with Crippen LogP contribution in [0.4, 0.5) is 11.4 Å². The number of non-ortho nitro benzene ring substituents is 1. The first-order valence-electron chi connectivity index (χ1n) is 8.20. The molecule has 2 aromatic carbocycles. The lowest BCUT2D eigenvalue weighted by atomic mass is 10.0. The fourth-order valence-electron chi connectivity index (χ4n) is 3.04. The molecule has 128 valence electrons. The molecule has 1 atom stereocenters. The molecule has 0 fully saturated rings. The fraction of sp³-hybridized carbons (Fsp3) is 0.0500. The number of aromatic amines is 1. The third-order valence-electron chi connectivity index (χ3n) is 4.30. The van der Waals surface area contributed by atoms with Crippen molar-refractivity contribution in [1.82, 2.24) is 9.97 Å². The first kappa shape index (κ1) is 15.8. The number of fused-ring (bicyclic) bond motifs is 1. The summed E-state index contributed by atoms with van der Waals surface area (Å²) < 4.78 is 0. The lowest BCUT2D eigenvalue weighted by molar-refractivity contribution is -0.384. The third kappa shape index (κ3) is 3.00. The lowest BCUT2D eigenvalue weighted by Crippen LogP contribution is -2.13. The molecule has 0 spiro atoms. The maximum atomic E-state index is 10.9. The van der Waals surface area contributed by atoms with Crippen molar-refractivity contribution in [2.75, 3.05) is 5.32 Å². The number of pyridine rings is 1. The second kappa shape index (κ2) is 6.68. The Kier molecular flexibility index (Phi) is 4.07. The van der Waals surface area contributed by atoms with E-state index < -0.39 is 4.92 Å². The van der Waals surface area contributed by atoms with Crippen LogP contribution >= 0.6 is 0 Å². The number of benzene rings is 2. The highest BCUT2D eigenvalue weighted by atomic mass is 16.6. The monoisotopic (exact) mass is 344 g/mol. The Morgan fingerprint density at radius 1 is 1.00 bits per heavy atom. The smallest absolute Gasteiger partial charge is 0.269 e. The molecule has 0 aliphatic carbocycles. The van der Waals surface area contributed by atoms with Gasteiger partial charge in [0, 0.05) is 46.7 Å². The quantitative estimate of drug-likeness (QED) is 0.407. The van der Waals surface area contributed by atoms with Gasteiger partial charge in [0.25, 0.3) is 5.69 Å². The minimum atomic E-state index is -0.403. The summed E-state index contributed by atoms with van der Waals surface area (Å²) in [6, 6.07) is 20.1. The number of nitrogens with zero attached hydrogens (tertiary/aromatic N) is 2. The number of rotatable bonds is 5. The summed E-state index contributed by atoms with van der Waals surface area (Å²) in [4.78, 5) is 18.2. The van der Waals surface area contributed by atoms with Crippen molar-refractivity contribution in [1.29, 1.82) is 0 Å². The van der Waals surface area contributed by atoms with Gasteiger partial charge in [-0.05, 0) is 30.3 Å². The predicted molar refractivity (Wildman–Crippen MR) is 101 cm³/mol. The molecule has 0 amide bonds. The molecule has 0 aliphatic heterocycles. The van der Waals surface area contributed by atoms with E-state index >= 15 is 0 Å². The minimum absolute atomic E-state index is 0.0667. The van der Waals surface area contributed by atoms with Gasteiger partial charge in [-0.2, -0.15) is 0 Å². The van der Waals surface area contributed by atoms with E-state index in [-0.39, 0.29) is 11.7 Å². The van der Waals surface area contributed by atoms with Gasteiger partial charge < -0.3 is 10.3 Å². The zero-order chi connectivity index (χ0) is 17.9. The first-order chi connectivity index (χ1) is 12.7. The summed E-state index contributed by atoms with van der Waals surface area (Å²) in [5.74, 6) is 0. The van der Waals surface area contributed by atoms with Gasteiger partial charge >= 0.3 is 0 Å². The molecule has 26 heavy (non-hydrogen) atoms. The third-order valence-corrected chi connectivity index (χ3v) is 4.30. The van der Waals surface area contributed by atoms with Crippen molar-refractivity contribution in [2.45, 2.75) is 6.04 Å². The van der Waals surface area contributed by atoms with Crippen LogP contribution < -0.4 is 5.32 Å². The van der Waals surface area contributed by atoms with Crippen molar-refractivity contribution in [3.63, 3.8) is 0 Å². The van der Waals surface area contributed by atoms with Crippen molar-refractivity contribution >= 4 is 22.3 Å². The van der Waals surface area contributed by atoms with E-state index in [1.54, 1.807) is 18.3 Å². The molecule has 6 heteroatoms. The van der Waals surface area contributed by atoms with Crippen molar-refractivity contribution in [3.8, 4) is 0 Å². The van der Waals surface area contributed by atoms with Crippen LogP contribution in [0.1, 0.15) is 17.3 Å². The maximum absolute atomic E-state index is 10.9. The van der Waals surface area contributed by atoms with Gasteiger partial charge in [-0.15, -0.1) is 0 Å². The summed E-state index contributed by atoms with van der Waals surface area (Å²) in [5, 5.41) is 15.4. The average molecular weight is 344 g/mol. The van der Waals surface area contributed by atoms with E-state index in [1.165, 1.54) is 12.1 Å². The average Bonchev–Trinajstić information content (AvgIpc) is 3.11. The van der Waals surface area contributed by atoms with E-state index in [2.05, 4.69) is 21.4 Å². The van der Waals surface area contributed by atoms with E-state index in [0.717, 1.165) is 27.8 Å². The van der Waals surface area contributed by atoms with Crippen molar-refractivity contribution in [3.05, 3.63) is 100 Å². The molecule has 4 rings (SSSR count). The van der Waals surface area contributed by atoms with E-state index in [0.29, 0.717) is 0 Å². The van der Waals surface area contributed by atoms with Gasteiger partial charge in [0.15, 0.2) is 0 Å². The number of para-hydroxylation sites is 1. The summed E-state index contributed by atoms with van der Waals surface area (Å²) in [7, 11) is 0. The van der Waals surface area contributed by atoms with Crippen LogP contribution in [0, 0.1) is 10.1 Å². The van der Waals surface area contributed by atoms with Crippen molar-refractivity contribution in [2.24, 2.45) is 0 Å². The molecule has 2 heterocycles. The Hall–Kier alpha value is -3.67. The van der Waals surface area contributed by atoms with E-state index in [4.69, 9.17) is 0 Å². The minimum Gasteiger partial charge on any atom is -0.373 e. The van der Waals surface area contributed by atoms with Gasteiger partial charge in [0.05, 0.1) is 16.7 Å². The number of anilines is 1. The van der Waals surface area contributed by atoms with Crippen LogP contribution in [-0.4, -0.2) is 14.9 Å². The molecule has 0 saturated carbocycles. The maximum Gasteiger partial charge on any atom is 0.269 e. The van der Waals surface area contributed by atoms with Crippen LogP contribution in [0.25, 0.3) is 10.9 Å². The molecular formula is C20H16N4O2. The Balaban J connectivity index is 1.75. The predicted octanol–water partition coefficient (Wildman–Crippen LogP) is 4.67. The van der Waals surface area contributed by atoms with E-state index in [1.807, 2.05) is 42.6 Å². The number of hydrogen-bond acceptors (Lipinski definition) is 4. The highest BCUT2D eigenvalue weighted by Crippen LogP contribution is 2.31. The number of hydrogen-bond donors (Lipinski definition) is 2. The Morgan fingerprint density at radius 3 is 2.50 bits per heavy atom. The Bertz CT molecular complexity index is 1040. The molecule has 0 unspecified atom stereocenters. The first-order valence-corrected chi connectivity index (χ1v) is 8.20. The van der Waals surface area contributed by atoms with Crippen molar-refractivity contribution < 1.29 is 4.92 Å². The van der Waals surface area contributed by atoms with Gasteiger partial charge in [0.2, 0.25) is 0 Å². The zero-order valence-corrected chi connectivity index (χ0v) is 13.8. The summed E-state index contributed by atoms with van der Waals surface area (Å²) >= 11 is 0. The molecule has 2 aromatic heterocycles. The van der Waals surface area contributed by atoms with Crippen LogP contribution in [0.2, 0.25) is 0 Å². The summed E-state index contributed by atoms with van der Waals surface area (Å²) in [5.41, 5.74) is 3.84. The largest absolute Gasteiger partial charge is 0.373 e. The summed E-state index contributed by atoms with van der Waals surface area (Å²) in [6.07, 6.45) is 3.73. The Labute approximate surface area is 149 Å². The number of H-pyrrole nitrogens is 1. The second-order valence-corrected chi connectivity index (χ2v) is 5.93. The van der Waals surface area contributed by atoms with Gasteiger partial charge in [-0.1, -0.05) is 24.3 Å². The number of nitrogens with one attached hydrogen (secondary N) is 2. The molecular weight excluding hydrogens is 328 g/mol. The highest BCUT2D eigenvalue weighted by molar-refractivity contribution is 5.84. The van der Waals surface area contributed by atoms with Gasteiger partial charge in [-0.25, -0.2) is 0 Å². The van der Waals surface area contributed by atoms with E-state index in [9.17, 15) is 10.1 Å². The molecule has 6 nitrogen and oxygen atoms in total. The van der Waals surface area contributed by atoms with Gasteiger partial charge in [-0.3, -0.25) is 15.1 Å². The van der Waals surface area contributed by atoms with Crippen LogP contribution in [0.15, 0.2) is 79.1 Å². The van der Waals surface area contributed by atoms with Crippen LogP contribution in [0.5, 0.6) is 0 Å². The number of nitro benzene ring substituents is 1. The number of nitro groups is 1. The summed E-state index contributed by atoms with van der Waals surface area (Å²) in [6.45, 7) is 0. The fourth-order valence-corrected chi connectivity index (χ4v) is 3.04. The Morgan fingerprint density at radius 2 is 1.77 bits per heavy atom. The van der Waals surface area contributed by atoms with Crippen LogP contribution in [-0.2, 0) is 0 Å². The molecule has 0 bridgehead atoms.